The standard InChI is InChI=1S/C15H18N2O2/c1-19-8-4-7-17-15(18)13-9-11-5-2-3-6-12(11)10-14(13)16/h2-3,5-6,9-10H,4,7-8,16H2,1H3,(H,17,18). The van der Waals surface area contributed by atoms with Crippen LogP contribution in [0.15, 0.2) is 36.4 Å². The molecule has 0 fully saturated rings. The maximum Gasteiger partial charge on any atom is 0.253 e. The van der Waals surface area contributed by atoms with Gasteiger partial charge in [-0.1, -0.05) is 24.3 Å². The van der Waals surface area contributed by atoms with Crippen LogP contribution in [0.2, 0.25) is 0 Å². The Morgan fingerprint density at radius 2 is 1.95 bits per heavy atom. The Morgan fingerprint density at radius 3 is 2.63 bits per heavy atom. The van der Waals surface area contributed by atoms with Gasteiger partial charge in [0, 0.05) is 25.9 Å². The van der Waals surface area contributed by atoms with Crippen LogP contribution >= 0.6 is 0 Å². The number of amides is 1. The van der Waals surface area contributed by atoms with E-state index in [-0.39, 0.29) is 5.91 Å². The van der Waals surface area contributed by atoms with E-state index in [0.29, 0.717) is 24.4 Å². The van der Waals surface area contributed by atoms with E-state index in [4.69, 9.17) is 10.5 Å². The van der Waals surface area contributed by atoms with Crippen LogP contribution < -0.4 is 11.1 Å². The number of benzene rings is 2. The number of anilines is 1. The van der Waals surface area contributed by atoms with E-state index < -0.39 is 0 Å². The monoisotopic (exact) mass is 258 g/mol. The van der Waals surface area contributed by atoms with E-state index in [1.54, 1.807) is 7.11 Å². The molecule has 0 saturated carbocycles. The fraction of sp³-hybridized carbons (Fsp3) is 0.267. The summed E-state index contributed by atoms with van der Waals surface area (Å²) in [4.78, 5) is 12.0. The van der Waals surface area contributed by atoms with Gasteiger partial charge < -0.3 is 15.8 Å². The van der Waals surface area contributed by atoms with E-state index >= 15 is 0 Å². The van der Waals surface area contributed by atoms with E-state index in [9.17, 15) is 4.79 Å². The topological polar surface area (TPSA) is 64.3 Å². The summed E-state index contributed by atoms with van der Waals surface area (Å²) in [6, 6.07) is 11.5. The first-order chi connectivity index (χ1) is 9.22. The first-order valence-electron chi connectivity index (χ1n) is 6.28. The van der Waals surface area contributed by atoms with Crippen molar-refractivity contribution in [2.45, 2.75) is 6.42 Å². The van der Waals surface area contributed by atoms with Crippen LogP contribution in [0.5, 0.6) is 0 Å². The highest BCUT2D eigenvalue weighted by Gasteiger charge is 2.10. The second-order valence-electron chi connectivity index (χ2n) is 4.39. The Morgan fingerprint density at radius 1 is 1.26 bits per heavy atom. The van der Waals surface area contributed by atoms with Gasteiger partial charge >= 0.3 is 0 Å². The van der Waals surface area contributed by atoms with Crippen molar-refractivity contribution in [3.63, 3.8) is 0 Å². The molecule has 0 atom stereocenters. The molecule has 0 bridgehead atoms. The smallest absolute Gasteiger partial charge is 0.253 e. The third-order valence-electron chi connectivity index (χ3n) is 2.97. The van der Waals surface area contributed by atoms with Gasteiger partial charge in [0.2, 0.25) is 0 Å². The highest BCUT2D eigenvalue weighted by Crippen LogP contribution is 2.21. The number of rotatable bonds is 5. The summed E-state index contributed by atoms with van der Waals surface area (Å²) in [6.45, 7) is 1.21. The minimum atomic E-state index is -0.139. The number of fused-ring (bicyclic) bond motifs is 1. The fourth-order valence-electron chi connectivity index (χ4n) is 1.97. The number of nitrogens with one attached hydrogen (secondary N) is 1. The van der Waals surface area contributed by atoms with Gasteiger partial charge in [0.15, 0.2) is 0 Å². The van der Waals surface area contributed by atoms with Crippen LogP contribution in [0.3, 0.4) is 0 Å². The summed E-state index contributed by atoms with van der Waals surface area (Å²) < 4.78 is 4.93. The number of ether oxygens (including phenoxy) is 1. The summed E-state index contributed by atoms with van der Waals surface area (Å²) >= 11 is 0. The number of hydrogen-bond donors (Lipinski definition) is 2. The fourth-order valence-corrected chi connectivity index (χ4v) is 1.97. The van der Waals surface area contributed by atoms with Crippen LogP contribution in [-0.2, 0) is 4.74 Å². The molecule has 2 aromatic rings. The van der Waals surface area contributed by atoms with Crippen LogP contribution in [0, 0.1) is 0 Å². The third-order valence-corrected chi connectivity index (χ3v) is 2.97. The zero-order chi connectivity index (χ0) is 13.7. The van der Waals surface area contributed by atoms with Crippen molar-refractivity contribution in [1.29, 1.82) is 0 Å². The predicted molar refractivity (Wildman–Crippen MR) is 77.2 cm³/mol. The molecule has 0 saturated heterocycles. The summed E-state index contributed by atoms with van der Waals surface area (Å²) in [7, 11) is 1.64. The molecule has 4 nitrogen and oxygen atoms in total. The van der Waals surface area contributed by atoms with Gasteiger partial charge in [-0.05, 0) is 29.3 Å². The zero-order valence-corrected chi connectivity index (χ0v) is 11.0. The Hall–Kier alpha value is -2.07. The summed E-state index contributed by atoms with van der Waals surface area (Å²) in [5.41, 5.74) is 6.96. The molecule has 0 aliphatic carbocycles. The summed E-state index contributed by atoms with van der Waals surface area (Å²) in [6.07, 6.45) is 0.787. The zero-order valence-electron chi connectivity index (χ0n) is 11.0. The number of carbonyl (C=O) groups is 1. The van der Waals surface area contributed by atoms with Gasteiger partial charge in [-0.3, -0.25) is 4.79 Å². The Kier molecular flexibility index (Phi) is 4.36. The van der Waals surface area contributed by atoms with Gasteiger partial charge in [0.05, 0.1) is 5.56 Å². The van der Waals surface area contributed by atoms with Crippen molar-refractivity contribution < 1.29 is 9.53 Å². The number of nitrogen functional groups attached to an aromatic ring is 1. The van der Waals surface area contributed by atoms with Crippen LogP contribution in [0.25, 0.3) is 10.8 Å². The van der Waals surface area contributed by atoms with E-state index in [1.807, 2.05) is 36.4 Å². The molecule has 2 rings (SSSR count). The molecule has 0 spiro atoms. The van der Waals surface area contributed by atoms with Crippen molar-refractivity contribution in [3.8, 4) is 0 Å². The van der Waals surface area contributed by atoms with Crippen LogP contribution in [-0.4, -0.2) is 26.2 Å². The molecule has 4 heteroatoms. The SMILES string of the molecule is COCCCNC(=O)c1cc2ccccc2cc1N. The lowest BCUT2D eigenvalue weighted by atomic mass is 10.0. The van der Waals surface area contributed by atoms with Gasteiger partial charge in [0.25, 0.3) is 5.91 Å². The second kappa shape index (κ2) is 6.20. The highest BCUT2D eigenvalue weighted by atomic mass is 16.5. The molecule has 0 aliphatic rings. The molecule has 100 valence electrons. The molecular formula is C15H18N2O2. The minimum Gasteiger partial charge on any atom is -0.398 e. The highest BCUT2D eigenvalue weighted by molar-refractivity contribution is 6.03. The van der Waals surface area contributed by atoms with Crippen LogP contribution in [0.1, 0.15) is 16.8 Å². The van der Waals surface area contributed by atoms with Gasteiger partial charge in [0.1, 0.15) is 0 Å². The molecule has 0 heterocycles. The number of nitrogens with two attached hydrogens (primary N) is 1. The van der Waals surface area contributed by atoms with E-state index in [0.717, 1.165) is 17.2 Å². The van der Waals surface area contributed by atoms with E-state index in [2.05, 4.69) is 5.32 Å². The lowest BCUT2D eigenvalue weighted by Crippen LogP contribution is -2.26. The van der Waals surface area contributed by atoms with E-state index in [1.165, 1.54) is 0 Å². The molecule has 0 radical (unpaired) electrons. The average Bonchev–Trinajstić information content (AvgIpc) is 2.42. The normalized spacial score (nSPS) is 10.6. The molecule has 0 aliphatic heterocycles. The lowest BCUT2D eigenvalue weighted by Gasteiger charge is -2.09. The summed E-state index contributed by atoms with van der Waals surface area (Å²) in [5, 5.41) is 4.89. The third kappa shape index (κ3) is 3.23. The maximum atomic E-state index is 12.0. The van der Waals surface area contributed by atoms with Gasteiger partial charge in [-0.25, -0.2) is 0 Å². The lowest BCUT2D eigenvalue weighted by molar-refractivity contribution is 0.0949. The Bertz CT molecular complexity index is 581. The number of methoxy groups -OCH3 is 1. The number of hydrogen-bond acceptors (Lipinski definition) is 3. The first kappa shape index (κ1) is 13.4. The molecule has 3 N–H and O–H groups in total. The van der Waals surface area contributed by atoms with Crippen molar-refractivity contribution in [2.75, 3.05) is 26.0 Å². The first-order valence-corrected chi connectivity index (χ1v) is 6.28. The molecule has 0 aromatic heterocycles. The predicted octanol–water partition coefficient (Wildman–Crippen LogP) is 2.19. The van der Waals surface area contributed by atoms with Gasteiger partial charge in [-0.15, -0.1) is 0 Å². The van der Waals surface area contributed by atoms with Crippen LogP contribution in [0.4, 0.5) is 5.69 Å². The summed E-state index contributed by atoms with van der Waals surface area (Å²) in [5.74, 6) is -0.139. The quantitative estimate of drug-likeness (QED) is 0.638. The maximum absolute atomic E-state index is 12.0. The van der Waals surface area contributed by atoms with Gasteiger partial charge in [-0.2, -0.15) is 0 Å². The van der Waals surface area contributed by atoms with Crippen molar-refractivity contribution in [3.05, 3.63) is 42.0 Å². The average molecular weight is 258 g/mol. The Balaban J connectivity index is 2.15. The molecule has 2 aromatic carbocycles. The molecule has 1 amide bonds. The largest absolute Gasteiger partial charge is 0.398 e. The minimum absolute atomic E-state index is 0.139. The molecular weight excluding hydrogens is 240 g/mol. The molecule has 19 heavy (non-hydrogen) atoms. The van der Waals surface area contributed by atoms with Crippen molar-refractivity contribution in [1.82, 2.24) is 5.32 Å². The number of carbonyl (C=O) groups excluding carboxylic acids is 1. The Labute approximate surface area is 112 Å². The second-order valence-corrected chi connectivity index (χ2v) is 4.39. The van der Waals surface area contributed by atoms with Crippen molar-refractivity contribution in [2.24, 2.45) is 0 Å². The van der Waals surface area contributed by atoms with Crippen molar-refractivity contribution >= 4 is 22.4 Å². The molecule has 0 unspecified atom stereocenters.